The van der Waals surface area contributed by atoms with E-state index in [9.17, 15) is 4.79 Å². The number of nitrogens with one attached hydrogen (secondary N) is 1. The fraction of sp³-hybridized carbons (Fsp3) is 0.529. The van der Waals surface area contributed by atoms with Gasteiger partial charge in [0.15, 0.2) is 5.82 Å². The van der Waals surface area contributed by atoms with Crippen LogP contribution in [0.3, 0.4) is 0 Å². The molecule has 1 aliphatic heterocycles. The Kier molecular flexibility index (Phi) is 4.02. The Morgan fingerprint density at radius 1 is 1.50 bits per heavy atom. The smallest absolute Gasteiger partial charge is 0.226 e. The SMILES string of the molecule is CCc1nc([C@@H]2CN(C(=O)[C@H]3C[C@H]3c3cccnc3)CCO2)n[nH]1. The van der Waals surface area contributed by atoms with Crippen LogP contribution < -0.4 is 0 Å². The van der Waals surface area contributed by atoms with Crippen molar-refractivity contribution in [3.63, 3.8) is 0 Å². The summed E-state index contributed by atoms with van der Waals surface area (Å²) in [6.07, 6.45) is 5.09. The molecule has 7 heteroatoms. The van der Waals surface area contributed by atoms with E-state index in [4.69, 9.17) is 4.74 Å². The lowest BCUT2D eigenvalue weighted by atomic mass is 10.1. The summed E-state index contributed by atoms with van der Waals surface area (Å²) in [6, 6.07) is 3.97. The average molecular weight is 327 g/mol. The number of aryl methyl sites for hydroxylation is 1. The molecule has 4 rings (SSSR count). The molecule has 1 N–H and O–H groups in total. The second-order valence-electron chi connectivity index (χ2n) is 6.37. The van der Waals surface area contributed by atoms with Gasteiger partial charge in [-0.05, 0) is 24.0 Å². The van der Waals surface area contributed by atoms with Gasteiger partial charge in [0.2, 0.25) is 5.91 Å². The molecular formula is C17H21N5O2. The van der Waals surface area contributed by atoms with Crippen molar-refractivity contribution >= 4 is 5.91 Å². The van der Waals surface area contributed by atoms with E-state index in [-0.39, 0.29) is 17.9 Å². The number of H-pyrrole nitrogens is 1. The van der Waals surface area contributed by atoms with Gasteiger partial charge in [-0.3, -0.25) is 14.9 Å². The predicted molar refractivity (Wildman–Crippen MR) is 86.1 cm³/mol. The van der Waals surface area contributed by atoms with Crippen molar-refractivity contribution < 1.29 is 9.53 Å². The van der Waals surface area contributed by atoms with Gasteiger partial charge >= 0.3 is 0 Å². The number of aromatic amines is 1. The highest BCUT2D eigenvalue weighted by atomic mass is 16.5. The van der Waals surface area contributed by atoms with E-state index < -0.39 is 0 Å². The summed E-state index contributed by atoms with van der Waals surface area (Å²) in [5, 5.41) is 7.13. The van der Waals surface area contributed by atoms with Crippen LogP contribution in [0.2, 0.25) is 0 Å². The summed E-state index contributed by atoms with van der Waals surface area (Å²) in [5.41, 5.74) is 1.15. The van der Waals surface area contributed by atoms with Crippen molar-refractivity contribution in [1.82, 2.24) is 25.1 Å². The molecule has 0 bridgehead atoms. The Balaban J connectivity index is 1.40. The number of morpholine rings is 1. The third kappa shape index (κ3) is 2.91. The van der Waals surface area contributed by atoms with Crippen LogP contribution in [0.5, 0.6) is 0 Å². The van der Waals surface area contributed by atoms with Crippen LogP contribution in [-0.2, 0) is 16.0 Å². The number of rotatable bonds is 4. The molecule has 0 spiro atoms. The Morgan fingerprint density at radius 2 is 2.42 bits per heavy atom. The molecule has 3 atom stereocenters. The van der Waals surface area contributed by atoms with Crippen LogP contribution in [0, 0.1) is 5.92 Å². The zero-order valence-corrected chi connectivity index (χ0v) is 13.7. The molecule has 0 radical (unpaired) electrons. The number of hydrogen-bond donors (Lipinski definition) is 1. The van der Waals surface area contributed by atoms with E-state index in [1.54, 1.807) is 6.20 Å². The first-order valence-corrected chi connectivity index (χ1v) is 8.47. The molecule has 2 fully saturated rings. The second kappa shape index (κ2) is 6.32. The minimum absolute atomic E-state index is 0.0753. The number of nitrogens with zero attached hydrogens (tertiary/aromatic N) is 4. The van der Waals surface area contributed by atoms with Crippen molar-refractivity contribution in [2.75, 3.05) is 19.7 Å². The largest absolute Gasteiger partial charge is 0.366 e. The molecule has 2 aromatic heterocycles. The summed E-state index contributed by atoms with van der Waals surface area (Å²) in [7, 11) is 0. The molecule has 0 aromatic carbocycles. The number of pyridine rings is 1. The molecule has 1 aliphatic carbocycles. The molecular weight excluding hydrogens is 306 g/mol. The fourth-order valence-corrected chi connectivity index (χ4v) is 3.28. The van der Waals surface area contributed by atoms with Gasteiger partial charge in [-0.2, -0.15) is 5.10 Å². The van der Waals surface area contributed by atoms with Gasteiger partial charge in [-0.1, -0.05) is 13.0 Å². The minimum atomic E-state index is -0.241. The topological polar surface area (TPSA) is 84.0 Å². The van der Waals surface area contributed by atoms with Crippen molar-refractivity contribution in [3.8, 4) is 0 Å². The fourth-order valence-electron chi connectivity index (χ4n) is 3.28. The molecule has 7 nitrogen and oxygen atoms in total. The number of aromatic nitrogens is 4. The van der Waals surface area contributed by atoms with E-state index in [1.807, 2.05) is 30.2 Å². The Morgan fingerprint density at radius 3 is 3.17 bits per heavy atom. The normalized spacial score (nSPS) is 26.4. The zero-order valence-electron chi connectivity index (χ0n) is 13.7. The van der Waals surface area contributed by atoms with Crippen molar-refractivity contribution in [1.29, 1.82) is 0 Å². The van der Waals surface area contributed by atoms with Crippen LogP contribution >= 0.6 is 0 Å². The van der Waals surface area contributed by atoms with E-state index in [2.05, 4.69) is 20.2 Å². The van der Waals surface area contributed by atoms with E-state index in [1.165, 1.54) is 0 Å². The van der Waals surface area contributed by atoms with Gasteiger partial charge in [0.05, 0.1) is 13.2 Å². The van der Waals surface area contributed by atoms with Crippen LogP contribution in [-0.4, -0.2) is 50.7 Å². The van der Waals surface area contributed by atoms with Crippen molar-refractivity contribution in [2.24, 2.45) is 5.92 Å². The quantitative estimate of drug-likeness (QED) is 0.919. The van der Waals surface area contributed by atoms with Gasteiger partial charge in [-0.25, -0.2) is 4.98 Å². The van der Waals surface area contributed by atoms with Gasteiger partial charge in [0.1, 0.15) is 11.9 Å². The third-order valence-corrected chi connectivity index (χ3v) is 4.77. The molecule has 126 valence electrons. The van der Waals surface area contributed by atoms with Crippen LogP contribution in [0.25, 0.3) is 0 Å². The summed E-state index contributed by atoms with van der Waals surface area (Å²) in [5.74, 6) is 2.08. The van der Waals surface area contributed by atoms with E-state index >= 15 is 0 Å². The van der Waals surface area contributed by atoms with Crippen LogP contribution in [0.15, 0.2) is 24.5 Å². The molecule has 24 heavy (non-hydrogen) atoms. The van der Waals surface area contributed by atoms with Crippen molar-refractivity contribution in [2.45, 2.75) is 31.8 Å². The number of ether oxygens (including phenoxy) is 1. The summed E-state index contributed by atoms with van der Waals surface area (Å²) < 4.78 is 5.76. The van der Waals surface area contributed by atoms with E-state index in [0.717, 1.165) is 24.2 Å². The average Bonchev–Trinajstić information content (AvgIpc) is 3.30. The Labute approximate surface area is 140 Å². The third-order valence-electron chi connectivity index (χ3n) is 4.77. The highest BCUT2D eigenvalue weighted by Crippen LogP contribution is 2.48. The number of hydrogen-bond acceptors (Lipinski definition) is 5. The Bertz CT molecular complexity index is 717. The Hall–Kier alpha value is -2.28. The number of amides is 1. The van der Waals surface area contributed by atoms with E-state index in [0.29, 0.717) is 31.4 Å². The molecule has 1 saturated heterocycles. The molecule has 1 amide bonds. The van der Waals surface area contributed by atoms with Gasteiger partial charge in [0, 0.05) is 31.3 Å². The first kappa shape index (κ1) is 15.3. The summed E-state index contributed by atoms with van der Waals surface area (Å²) in [6.45, 7) is 3.71. The maximum Gasteiger partial charge on any atom is 0.226 e. The lowest BCUT2D eigenvalue weighted by Gasteiger charge is -2.31. The predicted octanol–water partition coefficient (Wildman–Crippen LogP) is 1.47. The lowest BCUT2D eigenvalue weighted by Crippen LogP contribution is -2.43. The first-order valence-electron chi connectivity index (χ1n) is 8.47. The number of carbonyl (C=O) groups is 1. The van der Waals surface area contributed by atoms with Gasteiger partial charge in [-0.15, -0.1) is 0 Å². The van der Waals surface area contributed by atoms with Crippen LogP contribution in [0.1, 0.15) is 42.6 Å². The number of carbonyl (C=O) groups excluding carboxylic acids is 1. The van der Waals surface area contributed by atoms with Gasteiger partial charge < -0.3 is 9.64 Å². The first-order chi connectivity index (χ1) is 11.8. The zero-order chi connectivity index (χ0) is 16.5. The maximum atomic E-state index is 12.8. The molecule has 2 aliphatic rings. The standard InChI is InChI=1S/C17H21N5O2/c1-2-15-19-16(21-20-15)14-10-22(6-7-24-14)17(23)13-8-12(13)11-4-3-5-18-9-11/h3-5,9,12-14H,2,6-8,10H2,1H3,(H,19,20,21)/t12-,13-,14-/m0/s1. The van der Waals surface area contributed by atoms with Crippen molar-refractivity contribution in [3.05, 3.63) is 41.7 Å². The highest BCUT2D eigenvalue weighted by molar-refractivity contribution is 5.83. The molecule has 0 unspecified atom stereocenters. The summed E-state index contributed by atoms with van der Waals surface area (Å²) in [4.78, 5) is 23.3. The maximum absolute atomic E-state index is 12.8. The molecule has 2 aromatic rings. The molecule has 1 saturated carbocycles. The molecule has 3 heterocycles. The lowest BCUT2D eigenvalue weighted by molar-refractivity contribution is -0.140. The monoisotopic (exact) mass is 327 g/mol. The highest BCUT2D eigenvalue weighted by Gasteiger charge is 2.46. The minimum Gasteiger partial charge on any atom is -0.366 e. The van der Waals surface area contributed by atoms with Crippen LogP contribution in [0.4, 0.5) is 0 Å². The summed E-state index contributed by atoms with van der Waals surface area (Å²) >= 11 is 0. The van der Waals surface area contributed by atoms with Gasteiger partial charge in [0.25, 0.3) is 0 Å². The second-order valence-corrected chi connectivity index (χ2v) is 6.37.